The Morgan fingerprint density at radius 1 is 0.893 bits per heavy atom. The minimum Gasteiger partial charge on any atom is -0.456 e. The highest BCUT2D eigenvalue weighted by atomic mass is 16.6. The second kappa shape index (κ2) is 5.86. The highest BCUT2D eigenvalue weighted by molar-refractivity contribution is 6.02. The fraction of sp³-hybridized carbons (Fsp3) is 0.208. The molecule has 2 heterocycles. The van der Waals surface area contributed by atoms with Gasteiger partial charge in [-0.25, -0.2) is 4.79 Å². The van der Waals surface area contributed by atoms with Crippen molar-refractivity contribution in [3.8, 4) is 11.5 Å². The number of hydrogen-bond acceptors (Lipinski definition) is 4. The molecule has 0 radical (unpaired) electrons. The maximum atomic E-state index is 13.1. The SMILES string of the molecule is CCc1cc2c(c(N)c1CC)C(=O)OC21c2ccccc2Oc2ccccc21. The van der Waals surface area contributed by atoms with Crippen LogP contribution in [0.15, 0.2) is 54.6 Å². The molecule has 0 aliphatic carbocycles. The zero-order valence-corrected chi connectivity index (χ0v) is 15.9. The van der Waals surface area contributed by atoms with Gasteiger partial charge in [-0.3, -0.25) is 0 Å². The molecule has 2 N–H and O–H groups in total. The van der Waals surface area contributed by atoms with Crippen LogP contribution in [0.4, 0.5) is 5.69 Å². The molecule has 0 bridgehead atoms. The van der Waals surface area contributed by atoms with Crippen molar-refractivity contribution in [2.45, 2.75) is 32.3 Å². The van der Waals surface area contributed by atoms with Crippen LogP contribution in [0.5, 0.6) is 11.5 Å². The Morgan fingerprint density at radius 3 is 2.07 bits per heavy atom. The highest BCUT2D eigenvalue weighted by Crippen LogP contribution is 2.57. The van der Waals surface area contributed by atoms with E-state index < -0.39 is 5.60 Å². The Morgan fingerprint density at radius 2 is 1.50 bits per heavy atom. The summed E-state index contributed by atoms with van der Waals surface area (Å²) in [6.07, 6.45) is 1.61. The molecule has 4 nitrogen and oxygen atoms in total. The van der Waals surface area contributed by atoms with Crippen LogP contribution < -0.4 is 10.5 Å². The number of esters is 1. The first-order valence-electron chi connectivity index (χ1n) is 9.66. The first-order valence-corrected chi connectivity index (χ1v) is 9.66. The second-order valence-corrected chi connectivity index (χ2v) is 7.22. The van der Waals surface area contributed by atoms with Gasteiger partial charge >= 0.3 is 5.97 Å². The Hall–Kier alpha value is -3.27. The maximum absolute atomic E-state index is 13.1. The molecule has 0 amide bonds. The summed E-state index contributed by atoms with van der Waals surface area (Å²) >= 11 is 0. The van der Waals surface area contributed by atoms with E-state index in [1.807, 2.05) is 48.5 Å². The van der Waals surface area contributed by atoms with Gasteiger partial charge in [0.05, 0.1) is 11.3 Å². The predicted molar refractivity (Wildman–Crippen MR) is 108 cm³/mol. The molecule has 2 aliphatic rings. The number of rotatable bonds is 2. The zero-order valence-electron chi connectivity index (χ0n) is 15.9. The van der Waals surface area contributed by atoms with E-state index in [0.29, 0.717) is 22.7 Å². The monoisotopic (exact) mass is 371 g/mol. The molecule has 2 aliphatic heterocycles. The largest absolute Gasteiger partial charge is 0.456 e. The number of fused-ring (bicyclic) bond motifs is 6. The number of ether oxygens (including phenoxy) is 2. The molecule has 3 aromatic rings. The smallest absolute Gasteiger partial charge is 0.342 e. The van der Waals surface area contributed by atoms with E-state index in [9.17, 15) is 4.79 Å². The van der Waals surface area contributed by atoms with Crippen molar-refractivity contribution in [1.82, 2.24) is 0 Å². The summed E-state index contributed by atoms with van der Waals surface area (Å²) in [4.78, 5) is 13.1. The van der Waals surface area contributed by atoms with Crippen LogP contribution >= 0.6 is 0 Å². The highest BCUT2D eigenvalue weighted by Gasteiger charge is 2.54. The van der Waals surface area contributed by atoms with E-state index in [4.69, 9.17) is 15.2 Å². The molecule has 0 saturated carbocycles. The van der Waals surface area contributed by atoms with Crippen LogP contribution in [-0.4, -0.2) is 5.97 Å². The van der Waals surface area contributed by atoms with Gasteiger partial charge in [0.1, 0.15) is 11.5 Å². The lowest BCUT2D eigenvalue weighted by Gasteiger charge is -2.36. The number of aryl methyl sites for hydroxylation is 1. The molecule has 1 spiro atoms. The predicted octanol–water partition coefficient (Wildman–Crippen LogP) is 4.96. The van der Waals surface area contributed by atoms with Crippen LogP contribution in [0.25, 0.3) is 0 Å². The molecule has 4 heteroatoms. The molecule has 0 aromatic heterocycles. The third-order valence-electron chi connectivity index (χ3n) is 5.89. The van der Waals surface area contributed by atoms with E-state index in [-0.39, 0.29) is 5.97 Å². The summed E-state index contributed by atoms with van der Waals surface area (Å²) in [6.45, 7) is 4.17. The van der Waals surface area contributed by atoms with Gasteiger partial charge in [-0.15, -0.1) is 0 Å². The Kier molecular flexibility index (Phi) is 3.53. The maximum Gasteiger partial charge on any atom is 0.342 e. The number of nitrogen functional groups attached to an aromatic ring is 1. The standard InChI is InChI=1S/C24H21NO3/c1-3-14-13-18-21(22(25)15(14)4-2)23(26)28-24(18)16-9-5-7-11-19(16)27-20-12-8-6-10-17(20)24/h5-13H,3-4,25H2,1-2H3. The van der Waals surface area contributed by atoms with E-state index in [0.717, 1.165) is 40.7 Å². The van der Waals surface area contributed by atoms with E-state index in [2.05, 4.69) is 19.9 Å². The third-order valence-corrected chi connectivity index (χ3v) is 5.89. The minimum atomic E-state index is -1.04. The molecule has 0 fully saturated rings. The van der Waals surface area contributed by atoms with Crippen molar-refractivity contribution in [2.75, 3.05) is 5.73 Å². The van der Waals surface area contributed by atoms with Gasteiger partial charge in [0.2, 0.25) is 0 Å². The van der Waals surface area contributed by atoms with Gasteiger partial charge in [-0.1, -0.05) is 50.2 Å². The topological polar surface area (TPSA) is 61.6 Å². The van der Waals surface area contributed by atoms with Crippen LogP contribution in [0, 0.1) is 0 Å². The second-order valence-electron chi connectivity index (χ2n) is 7.22. The summed E-state index contributed by atoms with van der Waals surface area (Å²) < 4.78 is 12.3. The molecule has 0 atom stereocenters. The average Bonchev–Trinajstić information content (AvgIpc) is 3.01. The van der Waals surface area contributed by atoms with Crippen LogP contribution in [0.2, 0.25) is 0 Å². The number of benzene rings is 3. The summed E-state index contributed by atoms with van der Waals surface area (Å²) in [5.41, 5.74) is 11.1. The fourth-order valence-electron chi connectivity index (χ4n) is 4.63. The van der Waals surface area contributed by atoms with Gasteiger partial charge in [-0.05, 0) is 42.2 Å². The van der Waals surface area contributed by atoms with E-state index in [1.165, 1.54) is 0 Å². The zero-order chi connectivity index (χ0) is 19.5. The summed E-state index contributed by atoms with van der Waals surface area (Å²) in [6, 6.07) is 17.6. The van der Waals surface area contributed by atoms with Gasteiger partial charge in [0.25, 0.3) is 0 Å². The lowest BCUT2D eigenvalue weighted by Crippen LogP contribution is -2.33. The molecule has 5 rings (SSSR count). The number of para-hydroxylation sites is 2. The summed E-state index contributed by atoms with van der Waals surface area (Å²) in [7, 11) is 0. The number of carbonyl (C=O) groups excluding carboxylic acids is 1. The quantitative estimate of drug-likeness (QED) is 0.511. The minimum absolute atomic E-state index is 0.378. The van der Waals surface area contributed by atoms with Gasteiger partial charge in [0.15, 0.2) is 5.60 Å². The van der Waals surface area contributed by atoms with E-state index >= 15 is 0 Å². The first-order chi connectivity index (χ1) is 13.6. The van der Waals surface area contributed by atoms with Gasteiger partial charge < -0.3 is 15.2 Å². The van der Waals surface area contributed by atoms with Crippen molar-refractivity contribution in [1.29, 1.82) is 0 Å². The van der Waals surface area contributed by atoms with Crippen molar-refractivity contribution >= 4 is 11.7 Å². The fourth-order valence-corrected chi connectivity index (χ4v) is 4.63. The number of carbonyl (C=O) groups is 1. The van der Waals surface area contributed by atoms with Crippen molar-refractivity contribution in [2.24, 2.45) is 0 Å². The molecule has 140 valence electrons. The van der Waals surface area contributed by atoms with Crippen LogP contribution in [0.3, 0.4) is 0 Å². The van der Waals surface area contributed by atoms with E-state index in [1.54, 1.807) is 0 Å². The Bertz CT molecular complexity index is 1090. The van der Waals surface area contributed by atoms with Gasteiger partial charge in [-0.2, -0.15) is 0 Å². The lowest BCUT2D eigenvalue weighted by atomic mass is 9.76. The van der Waals surface area contributed by atoms with Crippen LogP contribution in [0.1, 0.15) is 52.0 Å². The molecular weight excluding hydrogens is 350 g/mol. The number of hydrogen-bond donors (Lipinski definition) is 1. The molecule has 0 unspecified atom stereocenters. The summed E-state index contributed by atoms with van der Waals surface area (Å²) in [5, 5.41) is 0. The number of nitrogens with two attached hydrogens (primary N) is 1. The first kappa shape index (κ1) is 16.9. The van der Waals surface area contributed by atoms with Crippen molar-refractivity contribution in [3.63, 3.8) is 0 Å². The lowest BCUT2D eigenvalue weighted by molar-refractivity contribution is 0.0225. The number of anilines is 1. The summed E-state index contributed by atoms with van der Waals surface area (Å²) in [5.74, 6) is 1.01. The molecular formula is C24H21NO3. The normalized spacial score (nSPS) is 15.4. The third kappa shape index (κ3) is 1.97. The average molecular weight is 371 g/mol. The van der Waals surface area contributed by atoms with Crippen molar-refractivity contribution < 1.29 is 14.3 Å². The Labute approximate surface area is 163 Å². The van der Waals surface area contributed by atoms with Crippen LogP contribution in [-0.2, 0) is 23.2 Å². The Balaban J connectivity index is 1.92. The molecule has 0 saturated heterocycles. The molecule has 3 aromatic carbocycles. The molecule has 28 heavy (non-hydrogen) atoms. The van der Waals surface area contributed by atoms with Gasteiger partial charge in [0, 0.05) is 16.7 Å². The van der Waals surface area contributed by atoms with Crippen molar-refractivity contribution in [3.05, 3.63) is 88.0 Å².